The Labute approximate surface area is 145 Å². The molecule has 3 heterocycles. The fourth-order valence-electron chi connectivity index (χ4n) is 3.40. The van der Waals surface area contributed by atoms with Crippen molar-refractivity contribution in [2.24, 2.45) is 0 Å². The van der Waals surface area contributed by atoms with Crippen LogP contribution < -0.4 is 9.80 Å². The van der Waals surface area contributed by atoms with Gasteiger partial charge in [-0.2, -0.15) is 4.98 Å². The van der Waals surface area contributed by atoms with Crippen molar-refractivity contribution in [3.8, 4) is 0 Å². The minimum atomic E-state index is 0.591. The first-order valence-corrected chi connectivity index (χ1v) is 8.93. The molecule has 0 aliphatic carbocycles. The first-order chi connectivity index (χ1) is 11.6. The first kappa shape index (κ1) is 17.4. The van der Waals surface area contributed by atoms with Gasteiger partial charge in [0.1, 0.15) is 5.82 Å². The summed E-state index contributed by atoms with van der Waals surface area (Å²) in [7, 11) is 3.95. The number of rotatable bonds is 5. The standard InChI is InChI=1S/C17H30N6O/c1-15(14-21-10-12-24-13-11-21)22-6-8-23(9-7-22)16-4-5-18-17(19-16)20(2)3/h4-5,15H,6-14H2,1-3H3. The molecular weight excluding hydrogens is 304 g/mol. The van der Waals surface area contributed by atoms with Gasteiger partial charge in [0.2, 0.25) is 5.95 Å². The molecule has 1 atom stereocenters. The Balaban J connectivity index is 1.50. The quantitative estimate of drug-likeness (QED) is 0.772. The van der Waals surface area contributed by atoms with Crippen LogP contribution >= 0.6 is 0 Å². The van der Waals surface area contributed by atoms with Crippen molar-refractivity contribution in [2.75, 3.05) is 82.9 Å². The highest BCUT2D eigenvalue weighted by atomic mass is 16.5. The summed E-state index contributed by atoms with van der Waals surface area (Å²) < 4.78 is 5.44. The molecular formula is C17H30N6O. The average molecular weight is 334 g/mol. The summed E-state index contributed by atoms with van der Waals surface area (Å²) in [5.41, 5.74) is 0. The summed E-state index contributed by atoms with van der Waals surface area (Å²) in [5.74, 6) is 1.81. The second kappa shape index (κ2) is 8.09. The van der Waals surface area contributed by atoms with Crippen LogP contribution in [-0.4, -0.2) is 98.9 Å². The van der Waals surface area contributed by atoms with Crippen LogP contribution in [0.25, 0.3) is 0 Å². The number of hydrogen-bond donors (Lipinski definition) is 0. The highest BCUT2D eigenvalue weighted by molar-refractivity contribution is 5.43. The third-order valence-electron chi connectivity index (χ3n) is 4.92. The first-order valence-electron chi connectivity index (χ1n) is 8.93. The highest BCUT2D eigenvalue weighted by Gasteiger charge is 2.24. The molecule has 1 aromatic heterocycles. The van der Waals surface area contributed by atoms with Gasteiger partial charge in [0.25, 0.3) is 0 Å². The third kappa shape index (κ3) is 4.34. The van der Waals surface area contributed by atoms with E-state index in [1.54, 1.807) is 0 Å². The third-order valence-corrected chi connectivity index (χ3v) is 4.92. The van der Waals surface area contributed by atoms with Crippen molar-refractivity contribution in [3.05, 3.63) is 12.3 Å². The summed E-state index contributed by atoms with van der Waals surface area (Å²) in [5, 5.41) is 0. The number of hydrogen-bond acceptors (Lipinski definition) is 7. The van der Waals surface area contributed by atoms with Gasteiger partial charge in [0, 0.05) is 72.1 Å². The lowest BCUT2D eigenvalue weighted by molar-refractivity contribution is 0.0239. The molecule has 0 bridgehead atoms. The Hall–Kier alpha value is -1.44. The van der Waals surface area contributed by atoms with Gasteiger partial charge >= 0.3 is 0 Å². The molecule has 0 saturated carbocycles. The fraction of sp³-hybridized carbons (Fsp3) is 0.765. The molecule has 7 heteroatoms. The predicted molar refractivity (Wildman–Crippen MR) is 96.9 cm³/mol. The Morgan fingerprint density at radius 3 is 2.50 bits per heavy atom. The molecule has 24 heavy (non-hydrogen) atoms. The minimum absolute atomic E-state index is 0.591. The molecule has 2 aliphatic rings. The Morgan fingerprint density at radius 2 is 1.83 bits per heavy atom. The van der Waals surface area contributed by atoms with E-state index in [0.717, 1.165) is 70.8 Å². The van der Waals surface area contributed by atoms with Gasteiger partial charge in [0.05, 0.1) is 13.2 Å². The van der Waals surface area contributed by atoms with Gasteiger partial charge < -0.3 is 14.5 Å². The molecule has 0 amide bonds. The average Bonchev–Trinajstić information content (AvgIpc) is 2.63. The van der Waals surface area contributed by atoms with E-state index in [1.165, 1.54) is 0 Å². The van der Waals surface area contributed by atoms with Crippen molar-refractivity contribution in [2.45, 2.75) is 13.0 Å². The molecule has 7 nitrogen and oxygen atoms in total. The largest absolute Gasteiger partial charge is 0.379 e. The minimum Gasteiger partial charge on any atom is -0.379 e. The van der Waals surface area contributed by atoms with Crippen molar-refractivity contribution in [3.63, 3.8) is 0 Å². The van der Waals surface area contributed by atoms with E-state index in [2.05, 4.69) is 31.6 Å². The monoisotopic (exact) mass is 334 g/mol. The summed E-state index contributed by atoms with van der Waals surface area (Å²) in [6.07, 6.45) is 1.85. The zero-order valence-electron chi connectivity index (χ0n) is 15.2. The molecule has 2 saturated heterocycles. The lowest BCUT2D eigenvalue weighted by Crippen LogP contribution is -2.53. The van der Waals surface area contributed by atoms with Crippen LogP contribution in [0, 0.1) is 0 Å². The van der Waals surface area contributed by atoms with Crippen molar-refractivity contribution < 1.29 is 4.74 Å². The highest BCUT2D eigenvalue weighted by Crippen LogP contribution is 2.17. The van der Waals surface area contributed by atoms with Gasteiger partial charge in [-0.25, -0.2) is 4.98 Å². The van der Waals surface area contributed by atoms with Crippen LogP contribution in [0.2, 0.25) is 0 Å². The van der Waals surface area contributed by atoms with Crippen molar-refractivity contribution in [1.82, 2.24) is 19.8 Å². The number of ether oxygens (including phenoxy) is 1. The Morgan fingerprint density at radius 1 is 1.12 bits per heavy atom. The number of morpholine rings is 1. The van der Waals surface area contributed by atoms with Crippen LogP contribution in [0.3, 0.4) is 0 Å². The number of piperazine rings is 1. The zero-order valence-corrected chi connectivity index (χ0v) is 15.2. The van der Waals surface area contributed by atoms with E-state index in [4.69, 9.17) is 4.74 Å². The molecule has 2 fully saturated rings. The molecule has 2 aliphatic heterocycles. The summed E-state index contributed by atoms with van der Waals surface area (Å²) >= 11 is 0. The lowest BCUT2D eigenvalue weighted by Gasteiger charge is -2.40. The topological polar surface area (TPSA) is 48.0 Å². The lowest BCUT2D eigenvalue weighted by atomic mass is 10.2. The van der Waals surface area contributed by atoms with E-state index in [0.29, 0.717) is 6.04 Å². The van der Waals surface area contributed by atoms with Crippen LogP contribution in [0.1, 0.15) is 6.92 Å². The van der Waals surface area contributed by atoms with Crippen molar-refractivity contribution in [1.29, 1.82) is 0 Å². The maximum absolute atomic E-state index is 5.44. The second-order valence-electron chi connectivity index (χ2n) is 6.89. The maximum Gasteiger partial charge on any atom is 0.226 e. The fourth-order valence-corrected chi connectivity index (χ4v) is 3.40. The molecule has 0 spiro atoms. The molecule has 3 rings (SSSR count). The number of aromatic nitrogens is 2. The van der Waals surface area contributed by atoms with Gasteiger partial charge in [-0.1, -0.05) is 0 Å². The summed E-state index contributed by atoms with van der Waals surface area (Å²) in [4.78, 5) is 18.4. The van der Waals surface area contributed by atoms with E-state index < -0.39 is 0 Å². The number of nitrogens with zero attached hydrogens (tertiary/aromatic N) is 6. The van der Waals surface area contributed by atoms with E-state index in [-0.39, 0.29) is 0 Å². The summed E-state index contributed by atoms with van der Waals surface area (Å²) in [6, 6.07) is 2.60. The molecule has 134 valence electrons. The van der Waals surface area contributed by atoms with Crippen LogP contribution in [0.4, 0.5) is 11.8 Å². The van der Waals surface area contributed by atoms with Gasteiger partial charge in [0.15, 0.2) is 0 Å². The Kier molecular flexibility index (Phi) is 5.86. The van der Waals surface area contributed by atoms with Gasteiger partial charge in [-0.05, 0) is 13.0 Å². The number of anilines is 2. The van der Waals surface area contributed by atoms with Crippen LogP contribution in [0.15, 0.2) is 12.3 Å². The van der Waals surface area contributed by atoms with Crippen molar-refractivity contribution >= 4 is 11.8 Å². The van der Waals surface area contributed by atoms with Crippen LogP contribution in [-0.2, 0) is 4.74 Å². The zero-order chi connectivity index (χ0) is 16.9. The van der Waals surface area contributed by atoms with Gasteiger partial charge in [-0.3, -0.25) is 9.80 Å². The van der Waals surface area contributed by atoms with Gasteiger partial charge in [-0.15, -0.1) is 0 Å². The SMILES string of the molecule is CC(CN1CCOCC1)N1CCN(c2ccnc(N(C)C)n2)CC1. The van der Waals surface area contributed by atoms with E-state index in [9.17, 15) is 0 Å². The normalized spacial score (nSPS) is 21.7. The molecule has 0 aromatic carbocycles. The second-order valence-corrected chi connectivity index (χ2v) is 6.89. The molecule has 1 aromatic rings. The maximum atomic E-state index is 5.44. The molecule has 1 unspecified atom stereocenters. The Bertz CT molecular complexity index is 512. The summed E-state index contributed by atoms with van der Waals surface area (Å²) in [6.45, 7) is 11.6. The van der Waals surface area contributed by atoms with Crippen LogP contribution in [0.5, 0.6) is 0 Å². The predicted octanol–water partition coefficient (Wildman–Crippen LogP) is 0.385. The van der Waals surface area contributed by atoms with E-state index in [1.807, 2.05) is 31.3 Å². The molecule has 0 N–H and O–H groups in total. The smallest absolute Gasteiger partial charge is 0.226 e. The molecule has 0 radical (unpaired) electrons. The van der Waals surface area contributed by atoms with E-state index >= 15 is 0 Å².